The first-order chi connectivity index (χ1) is 35.7. The van der Waals surface area contributed by atoms with E-state index in [1.54, 1.807) is 24.3 Å². The number of phosphoric ester groups is 2. The third kappa shape index (κ3) is 35.1. The Balaban J connectivity index is 3.02. The van der Waals surface area contributed by atoms with Gasteiger partial charge in [-0.15, -0.1) is 11.8 Å². The fourth-order valence-corrected chi connectivity index (χ4v) is 9.87. The Hall–Kier alpha value is -3.08. The van der Waals surface area contributed by atoms with Crippen LogP contribution < -0.4 is 5.73 Å². The smallest absolute Gasteiger partial charge is 0.472 e. The molecule has 0 aromatic heterocycles. The van der Waals surface area contributed by atoms with Crippen molar-refractivity contribution >= 4 is 45.3 Å². The molecule has 1 unspecified atom stereocenters. The van der Waals surface area contributed by atoms with E-state index in [-0.39, 0.29) is 31.4 Å². The van der Waals surface area contributed by atoms with Crippen LogP contribution in [0.5, 0.6) is 0 Å². The van der Waals surface area contributed by atoms with Gasteiger partial charge in [0.15, 0.2) is 6.10 Å². The van der Waals surface area contributed by atoms with Gasteiger partial charge >= 0.3 is 33.6 Å². The van der Waals surface area contributed by atoms with Gasteiger partial charge in [0.25, 0.3) is 0 Å². The molecule has 430 valence electrons. The number of hydrogen-bond acceptors (Lipinski definition) is 17. The third-order valence-electron chi connectivity index (χ3n) is 11.4. The highest BCUT2D eigenvalue weighted by Gasteiger charge is 2.54. The molecule has 11 N–H and O–H groups in total. The van der Waals surface area contributed by atoms with E-state index in [0.717, 1.165) is 76.0 Å². The van der Waals surface area contributed by atoms with E-state index >= 15 is 0 Å². The number of carboxylic acids is 1. The summed E-state index contributed by atoms with van der Waals surface area (Å²) in [6, 6.07) is -1.41. The number of allylic oxidation sites excluding steroid dienone is 13. The molecular formula is C52H87NO19P2S. The van der Waals surface area contributed by atoms with Crippen molar-refractivity contribution in [3.8, 4) is 0 Å². The van der Waals surface area contributed by atoms with Gasteiger partial charge in [0.05, 0.1) is 12.7 Å². The summed E-state index contributed by atoms with van der Waals surface area (Å²) >= 11 is 1.07. The molecule has 0 saturated heterocycles. The minimum atomic E-state index is -5.53. The van der Waals surface area contributed by atoms with Crippen LogP contribution in [0, 0.1) is 0 Å². The van der Waals surface area contributed by atoms with Crippen LogP contribution in [0.2, 0.25) is 0 Å². The van der Waals surface area contributed by atoms with Gasteiger partial charge in [-0.25, -0.2) is 9.13 Å². The zero-order valence-corrected chi connectivity index (χ0v) is 46.2. The zero-order chi connectivity index (χ0) is 55.9. The first-order valence-corrected chi connectivity index (χ1v) is 30.1. The molecule has 11 atom stereocenters. The van der Waals surface area contributed by atoms with Crippen molar-refractivity contribution in [3.63, 3.8) is 0 Å². The summed E-state index contributed by atoms with van der Waals surface area (Å²) in [4.78, 5) is 66.8. The van der Waals surface area contributed by atoms with Crippen LogP contribution in [0.15, 0.2) is 85.1 Å². The largest absolute Gasteiger partial charge is 0.481 e. The second-order valence-corrected chi connectivity index (χ2v) is 21.9. The number of rotatable bonds is 43. The number of nitrogens with two attached hydrogens (primary N) is 1. The van der Waals surface area contributed by atoms with Gasteiger partial charge < -0.3 is 60.5 Å². The van der Waals surface area contributed by atoms with Crippen molar-refractivity contribution in [1.29, 1.82) is 0 Å². The number of carbonyl (C=O) groups excluding carboxylic acids is 2. The Morgan fingerprint density at radius 3 is 1.71 bits per heavy atom. The number of ether oxygens (including phenoxy) is 2. The van der Waals surface area contributed by atoms with E-state index < -0.39 is 107 Å². The number of aliphatic hydroxyl groups is 5. The molecule has 1 saturated carbocycles. The van der Waals surface area contributed by atoms with Crippen LogP contribution in [-0.2, 0) is 46.6 Å². The average molecular weight is 1120 g/mol. The first kappa shape index (κ1) is 69.9. The summed E-state index contributed by atoms with van der Waals surface area (Å²) in [6.45, 7) is 2.58. The van der Waals surface area contributed by atoms with Crippen molar-refractivity contribution in [2.45, 2.75) is 202 Å². The molecule has 0 amide bonds. The summed E-state index contributed by atoms with van der Waals surface area (Å²) in [7, 11) is -11.1. The lowest BCUT2D eigenvalue weighted by atomic mass is 9.85. The second-order valence-electron chi connectivity index (χ2n) is 18.1. The molecule has 1 fully saturated rings. The highest BCUT2D eigenvalue weighted by Crippen LogP contribution is 2.50. The number of thioether (sulfide) groups is 1. The van der Waals surface area contributed by atoms with Crippen LogP contribution in [0.4, 0.5) is 0 Å². The van der Waals surface area contributed by atoms with E-state index in [9.17, 15) is 63.7 Å². The molecule has 0 spiro atoms. The Kier molecular flexibility index (Phi) is 39.1. The van der Waals surface area contributed by atoms with Gasteiger partial charge in [-0.3, -0.25) is 28.0 Å². The lowest BCUT2D eigenvalue weighted by Crippen LogP contribution is -2.64. The Morgan fingerprint density at radius 2 is 1.15 bits per heavy atom. The van der Waals surface area contributed by atoms with Crippen molar-refractivity contribution in [3.05, 3.63) is 85.1 Å². The van der Waals surface area contributed by atoms with Crippen molar-refractivity contribution in [1.82, 2.24) is 0 Å². The number of carbonyl (C=O) groups is 3. The van der Waals surface area contributed by atoms with Crippen LogP contribution in [-0.4, -0.2) is 142 Å². The normalized spacial score (nSPS) is 22.3. The Morgan fingerprint density at radius 1 is 0.627 bits per heavy atom. The molecule has 1 aliphatic carbocycles. The van der Waals surface area contributed by atoms with Crippen LogP contribution >= 0.6 is 27.4 Å². The third-order valence-corrected chi connectivity index (χ3v) is 14.4. The lowest BCUT2D eigenvalue weighted by Gasteiger charge is -2.43. The van der Waals surface area contributed by atoms with Crippen LogP contribution in [0.3, 0.4) is 0 Å². The minimum absolute atomic E-state index is 0.0181. The monoisotopic (exact) mass is 1120 g/mol. The highest BCUT2D eigenvalue weighted by atomic mass is 32.2. The molecule has 0 aromatic rings. The highest BCUT2D eigenvalue weighted by molar-refractivity contribution is 8.00. The molecule has 20 nitrogen and oxygen atoms in total. The van der Waals surface area contributed by atoms with E-state index in [0.29, 0.717) is 12.8 Å². The molecule has 0 aromatic carbocycles. The maximum atomic E-state index is 13.4. The quantitative estimate of drug-likeness (QED) is 0.00929. The van der Waals surface area contributed by atoms with E-state index in [2.05, 4.69) is 67.0 Å². The van der Waals surface area contributed by atoms with E-state index in [4.69, 9.17) is 29.4 Å². The van der Waals surface area contributed by atoms with Crippen LogP contribution in [0.1, 0.15) is 142 Å². The van der Waals surface area contributed by atoms with Crippen LogP contribution in [0.25, 0.3) is 0 Å². The molecule has 0 bridgehead atoms. The lowest BCUT2D eigenvalue weighted by molar-refractivity contribution is -0.216. The number of phosphoric acid groups is 2. The topological polar surface area (TPSA) is 340 Å². The Bertz CT molecular complexity index is 1890. The number of esters is 2. The second kappa shape index (κ2) is 41.9. The SMILES string of the molecule is CCCCC/C=C\C\C=C/C=C/C=C/[C@@H](SC[C@H](N)C(=O)O[C@H](COC(=O)CCCCCC/C=C\C/C=C\C/C=C\CCCCC)COP(=O)(O)O[C@H]1[C@H](O)[C@@H](O)[C@H](O)[C@@H](O)[C@H]1OP(=O)(O)O)[C@@H](O)CCCC(=O)O. The maximum Gasteiger partial charge on any atom is 0.472 e. The molecule has 0 radical (unpaired) electrons. The molecule has 1 rings (SSSR count). The summed E-state index contributed by atoms with van der Waals surface area (Å²) < 4.78 is 50.0. The average Bonchev–Trinajstić information content (AvgIpc) is 3.35. The van der Waals surface area contributed by atoms with Gasteiger partial charge in [0, 0.05) is 23.8 Å². The zero-order valence-electron chi connectivity index (χ0n) is 43.6. The van der Waals surface area contributed by atoms with Gasteiger partial charge in [-0.1, -0.05) is 137 Å². The number of hydrogen-bond donors (Lipinski definition) is 10. The van der Waals surface area contributed by atoms with E-state index in [1.165, 1.54) is 25.7 Å². The molecule has 23 heteroatoms. The van der Waals surface area contributed by atoms with Crippen molar-refractivity contribution in [2.24, 2.45) is 5.73 Å². The summed E-state index contributed by atoms with van der Waals surface area (Å²) in [6.07, 6.45) is 27.0. The maximum absolute atomic E-state index is 13.4. The predicted octanol–water partition coefficient (Wildman–Crippen LogP) is 7.49. The molecule has 0 aliphatic heterocycles. The van der Waals surface area contributed by atoms with Gasteiger partial charge in [0.1, 0.15) is 49.3 Å². The fraction of sp³-hybridized carbons (Fsp3) is 0.673. The van der Waals surface area contributed by atoms with Gasteiger partial charge in [-0.2, -0.15) is 0 Å². The number of unbranched alkanes of at least 4 members (excludes halogenated alkanes) is 10. The number of carboxylic acid groups (broad SMARTS) is 1. The number of aliphatic carboxylic acids is 1. The minimum Gasteiger partial charge on any atom is -0.481 e. The predicted molar refractivity (Wildman–Crippen MR) is 288 cm³/mol. The first-order valence-electron chi connectivity index (χ1n) is 26.1. The summed E-state index contributed by atoms with van der Waals surface area (Å²) in [5.74, 6) is -2.98. The molecule has 1 aliphatic rings. The summed E-state index contributed by atoms with van der Waals surface area (Å²) in [5.41, 5.74) is 6.21. The van der Waals surface area contributed by atoms with Crippen molar-refractivity contribution < 1.29 is 91.9 Å². The molecule has 0 heterocycles. The fourth-order valence-electron chi connectivity index (χ4n) is 7.22. The van der Waals surface area contributed by atoms with Gasteiger partial charge in [0.2, 0.25) is 0 Å². The Labute approximate surface area is 447 Å². The molecule has 75 heavy (non-hydrogen) atoms. The number of aliphatic hydroxyl groups excluding tert-OH is 5. The molecular weight excluding hydrogens is 1040 g/mol. The summed E-state index contributed by atoms with van der Waals surface area (Å²) in [5, 5.41) is 60.6. The van der Waals surface area contributed by atoms with Gasteiger partial charge in [-0.05, 0) is 77.0 Å². The van der Waals surface area contributed by atoms with E-state index in [1.807, 2.05) is 12.2 Å². The standard InChI is InChI=1S/C52H87NO19P2S/c1-3-5-7-9-11-13-15-17-18-19-20-21-23-25-27-29-31-36-45(57)68-37-40(38-69-74(66,67)72-51-49(61)47(59)46(58)48(60)50(51)71-73(63,64)65)70-52(62)41(53)39-75-43(42(54)33-32-35-44(55)56)34-30-28-26-24-22-16-14-12-10-8-6-4-2/h11-14,17-18,20-22,24,26,28,30,34,40-43,46-51,54,58-61H,3-10,15-16,19,23,25,27,29,31-33,35-39,53H2,1-2H3,(H,55,56)(H,66,67)(H2,63,64,65)/b13-11-,14-12-,18-17-,21-20-,24-22-,28-26+,34-30+/t40-,41+,42+,43-,46+,47+,48-,49-,50-,51+/m1/s1. The van der Waals surface area contributed by atoms with Crippen molar-refractivity contribution in [2.75, 3.05) is 19.0 Å².